The lowest BCUT2D eigenvalue weighted by Gasteiger charge is -2.31. The number of rotatable bonds is 5. The second kappa shape index (κ2) is 7.54. The highest BCUT2D eigenvalue weighted by molar-refractivity contribution is 5.93. The number of hydrogen-bond donors (Lipinski definition) is 1. The van der Waals surface area contributed by atoms with Gasteiger partial charge in [0.15, 0.2) is 18.1 Å². The van der Waals surface area contributed by atoms with E-state index in [1.54, 1.807) is 12.1 Å². The van der Waals surface area contributed by atoms with E-state index in [0.717, 1.165) is 43.8 Å². The van der Waals surface area contributed by atoms with Gasteiger partial charge >= 0.3 is 5.97 Å². The Balaban J connectivity index is 1.10. The van der Waals surface area contributed by atoms with Crippen molar-refractivity contribution in [3.63, 3.8) is 0 Å². The second-order valence-corrected chi connectivity index (χ2v) is 9.18. The molecule has 0 saturated heterocycles. The molecule has 3 fully saturated rings. The maximum absolute atomic E-state index is 12.2. The number of esters is 1. The Hall–Kier alpha value is -2.24. The van der Waals surface area contributed by atoms with Crippen molar-refractivity contribution >= 4 is 17.6 Å². The van der Waals surface area contributed by atoms with Gasteiger partial charge in [0.25, 0.3) is 11.7 Å². The third-order valence-electron chi connectivity index (χ3n) is 7.11. The van der Waals surface area contributed by atoms with Crippen LogP contribution in [0.1, 0.15) is 64.2 Å². The number of carbonyl (C=O) groups excluding carboxylic acids is 2. The number of benzene rings is 1. The molecule has 1 aliphatic heterocycles. The molecule has 3 aliphatic carbocycles. The Labute approximate surface area is 171 Å². The van der Waals surface area contributed by atoms with Crippen molar-refractivity contribution < 1.29 is 23.8 Å². The molecule has 6 heteroatoms. The Morgan fingerprint density at radius 1 is 1.07 bits per heavy atom. The van der Waals surface area contributed by atoms with Crippen LogP contribution in [0.3, 0.4) is 0 Å². The van der Waals surface area contributed by atoms with Crippen LogP contribution in [-0.2, 0) is 14.3 Å². The SMILES string of the molecule is O=C(COC(=O)C[C@@H]1C[C@H]2CC[C@@H]1C2)Nc1ccc2c(c1)OC1(CCCCC1)O2. The van der Waals surface area contributed by atoms with Gasteiger partial charge in [0.2, 0.25) is 0 Å². The molecule has 1 heterocycles. The standard InChI is InChI=1S/C23H29NO5/c25-21(14-27-22(26)12-17-11-15-4-5-16(17)10-15)24-18-6-7-19-20(13-18)29-23(28-19)8-2-1-3-9-23/h6-7,13,15-17H,1-5,8-12,14H2,(H,24,25)/t15-,16+,17-/m0/s1. The molecule has 6 nitrogen and oxygen atoms in total. The molecule has 1 spiro atoms. The zero-order chi connectivity index (χ0) is 19.8. The number of ether oxygens (including phenoxy) is 3. The molecule has 2 bridgehead atoms. The molecule has 0 aromatic heterocycles. The molecule has 1 aromatic carbocycles. The van der Waals surface area contributed by atoms with Crippen molar-refractivity contribution in [3.05, 3.63) is 18.2 Å². The number of anilines is 1. The summed E-state index contributed by atoms with van der Waals surface area (Å²) in [6, 6.07) is 5.40. The van der Waals surface area contributed by atoms with Gasteiger partial charge in [0.1, 0.15) is 0 Å². The number of amides is 1. The minimum atomic E-state index is -0.529. The topological polar surface area (TPSA) is 73.9 Å². The lowest BCUT2D eigenvalue weighted by atomic mass is 9.86. The molecule has 3 atom stereocenters. The van der Waals surface area contributed by atoms with Gasteiger partial charge in [0, 0.05) is 31.0 Å². The van der Waals surface area contributed by atoms with Gasteiger partial charge in [-0.3, -0.25) is 9.59 Å². The quantitative estimate of drug-likeness (QED) is 0.742. The van der Waals surface area contributed by atoms with Crippen LogP contribution in [0.25, 0.3) is 0 Å². The monoisotopic (exact) mass is 399 g/mol. The largest absolute Gasteiger partial charge is 0.456 e. The molecule has 4 aliphatic rings. The summed E-state index contributed by atoms with van der Waals surface area (Å²) in [4.78, 5) is 24.3. The number of carbonyl (C=O) groups is 2. The van der Waals surface area contributed by atoms with Crippen molar-refractivity contribution in [2.24, 2.45) is 17.8 Å². The number of hydrogen-bond acceptors (Lipinski definition) is 5. The van der Waals surface area contributed by atoms with Crippen molar-refractivity contribution in [2.75, 3.05) is 11.9 Å². The second-order valence-electron chi connectivity index (χ2n) is 9.18. The molecule has 1 N–H and O–H groups in total. The maximum Gasteiger partial charge on any atom is 0.306 e. The highest BCUT2D eigenvalue weighted by Crippen LogP contribution is 2.49. The van der Waals surface area contributed by atoms with Crippen LogP contribution < -0.4 is 14.8 Å². The van der Waals surface area contributed by atoms with Crippen LogP contribution >= 0.6 is 0 Å². The fourth-order valence-electron chi connectivity index (χ4n) is 5.71. The molecule has 1 aromatic rings. The van der Waals surface area contributed by atoms with E-state index in [4.69, 9.17) is 14.2 Å². The average molecular weight is 399 g/mol. The van der Waals surface area contributed by atoms with Crippen molar-refractivity contribution in [1.82, 2.24) is 0 Å². The van der Waals surface area contributed by atoms with E-state index in [1.165, 1.54) is 25.7 Å². The Bertz CT molecular complexity index is 800. The molecule has 1 amide bonds. The maximum atomic E-state index is 12.2. The average Bonchev–Trinajstić information content (AvgIpc) is 3.40. The summed E-state index contributed by atoms with van der Waals surface area (Å²) in [7, 11) is 0. The van der Waals surface area contributed by atoms with Crippen LogP contribution in [-0.4, -0.2) is 24.3 Å². The summed E-state index contributed by atoms with van der Waals surface area (Å²) in [5.41, 5.74) is 0.620. The zero-order valence-corrected chi connectivity index (χ0v) is 16.8. The van der Waals surface area contributed by atoms with Crippen LogP contribution in [0.5, 0.6) is 11.5 Å². The normalized spacial score (nSPS) is 28.5. The van der Waals surface area contributed by atoms with E-state index in [2.05, 4.69) is 5.32 Å². The summed E-state index contributed by atoms with van der Waals surface area (Å²) in [6.45, 7) is -0.252. The van der Waals surface area contributed by atoms with E-state index >= 15 is 0 Å². The van der Waals surface area contributed by atoms with Crippen molar-refractivity contribution in [2.45, 2.75) is 70.0 Å². The molecule has 0 unspecified atom stereocenters. The van der Waals surface area contributed by atoms with Crippen molar-refractivity contribution in [3.8, 4) is 11.5 Å². The zero-order valence-electron chi connectivity index (χ0n) is 16.8. The third kappa shape index (κ3) is 3.94. The summed E-state index contributed by atoms with van der Waals surface area (Å²) in [5.74, 6) is 2.20. The van der Waals surface area contributed by atoms with Crippen LogP contribution in [0.15, 0.2) is 18.2 Å². The fraction of sp³-hybridized carbons (Fsp3) is 0.652. The Morgan fingerprint density at radius 3 is 2.66 bits per heavy atom. The third-order valence-corrected chi connectivity index (χ3v) is 7.11. The van der Waals surface area contributed by atoms with Gasteiger partial charge in [-0.25, -0.2) is 0 Å². The van der Waals surface area contributed by atoms with E-state index in [1.807, 2.05) is 6.07 Å². The van der Waals surface area contributed by atoms with Gasteiger partial charge < -0.3 is 19.5 Å². The van der Waals surface area contributed by atoms with Crippen LogP contribution in [0.4, 0.5) is 5.69 Å². The summed E-state index contributed by atoms with van der Waals surface area (Å²) in [5, 5.41) is 2.79. The molecular formula is C23H29NO5. The molecular weight excluding hydrogens is 370 g/mol. The summed E-state index contributed by atoms with van der Waals surface area (Å²) >= 11 is 0. The number of nitrogens with one attached hydrogen (secondary N) is 1. The Morgan fingerprint density at radius 2 is 1.90 bits per heavy atom. The number of fused-ring (bicyclic) bond motifs is 3. The first-order valence-corrected chi connectivity index (χ1v) is 11.1. The fourth-order valence-corrected chi connectivity index (χ4v) is 5.71. The van der Waals surface area contributed by atoms with E-state index in [0.29, 0.717) is 29.7 Å². The summed E-state index contributed by atoms with van der Waals surface area (Å²) < 4.78 is 17.4. The first-order chi connectivity index (χ1) is 14.1. The molecule has 29 heavy (non-hydrogen) atoms. The lowest BCUT2D eigenvalue weighted by molar-refractivity contribution is -0.148. The highest BCUT2D eigenvalue weighted by Gasteiger charge is 2.42. The van der Waals surface area contributed by atoms with Gasteiger partial charge in [-0.1, -0.05) is 12.8 Å². The smallest absolute Gasteiger partial charge is 0.306 e. The predicted molar refractivity (Wildman–Crippen MR) is 107 cm³/mol. The van der Waals surface area contributed by atoms with Crippen LogP contribution in [0.2, 0.25) is 0 Å². The minimum Gasteiger partial charge on any atom is -0.456 e. The molecule has 0 radical (unpaired) electrons. The van der Waals surface area contributed by atoms with Gasteiger partial charge in [-0.05, 0) is 62.0 Å². The first kappa shape index (κ1) is 18.8. The Kier molecular flexibility index (Phi) is 4.88. The van der Waals surface area contributed by atoms with Gasteiger partial charge in [-0.15, -0.1) is 0 Å². The molecule has 156 valence electrons. The summed E-state index contributed by atoms with van der Waals surface area (Å²) in [6.07, 6.45) is 10.6. The molecule has 3 saturated carbocycles. The van der Waals surface area contributed by atoms with E-state index in [9.17, 15) is 9.59 Å². The first-order valence-electron chi connectivity index (χ1n) is 11.1. The van der Waals surface area contributed by atoms with E-state index in [-0.39, 0.29) is 18.5 Å². The molecule has 5 rings (SSSR count). The highest BCUT2D eigenvalue weighted by atomic mass is 16.7. The minimum absolute atomic E-state index is 0.252. The van der Waals surface area contributed by atoms with Crippen molar-refractivity contribution in [1.29, 1.82) is 0 Å². The lowest BCUT2D eigenvalue weighted by Crippen LogP contribution is -2.40. The van der Waals surface area contributed by atoms with Gasteiger partial charge in [-0.2, -0.15) is 0 Å². The van der Waals surface area contributed by atoms with Crippen LogP contribution in [0, 0.1) is 17.8 Å². The predicted octanol–water partition coefficient (Wildman–Crippen LogP) is 4.43. The van der Waals surface area contributed by atoms with E-state index < -0.39 is 5.79 Å². The van der Waals surface area contributed by atoms with Gasteiger partial charge in [0.05, 0.1) is 0 Å².